The summed E-state index contributed by atoms with van der Waals surface area (Å²) < 4.78 is 14.9. The molecule has 0 aliphatic heterocycles. The molecule has 0 saturated heterocycles. The normalized spacial score (nSPS) is 12.0. The maximum atomic E-state index is 14.9. The minimum absolute atomic E-state index is 0.00919. The zero-order valence-corrected chi connectivity index (χ0v) is 21.0. The van der Waals surface area contributed by atoms with Crippen LogP contribution in [-0.2, 0) is 11.3 Å². The molecule has 4 N–H and O–H groups in total. The van der Waals surface area contributed by atoms with Gasteiger partial charge in [-0.3, -0.25) is 14.5 Å². The van der Waals surface area contributed by atoms with Crippen molar-refractivity contribution in [1.29, 1.82) is 0 Å². The monoisotopic (exact) mass is 499 g/mol. The molecule has 0 aliphatic rings. The molecule has 1 aromatic carbocycles. The van der Waals surface area contributed by atoms with Crippen LogP contribution in [0, 0.1) is 5.82 Å². The maximum Gasteiger partial charge on any atom is 0.251 e. The second-order valence-electron chi connectivity index (χ2n) is 8.64. The average molecular weight is 500 g/mol. The second-order valence-corrected chi connectivity index (χ2v) is 9.69. The number of benzene rings is 1. The lowest BCUT2D eigenvalue weighted by molar-refractivity contribution is -0.129. The van der Waals surface area contributed by atoms with Crippen LogP contribution < -0.4 is 11.1 Å². The van der Waals surface area contributed by atoms with E-state index in [-0.39, 0.29) is 30.5 Å². The van der Waals surface area contributed by atoms with Gasteiger partial charge in [0.25, 0.3) is 5.91 Å². The number of primary amides is 1. The molecule has 3 aromatic rings. The highest BCUT2D eigenvalue weighted by Crippen LogP contribution is 2.38. The number of aromatic nitrogens is 1. The molecule has 0 spiro atoms. The average Bonchev–Trinajstić information content (AvgIpc) is 3.22. The van der Waals surface area contributed by atoms with E-state index in [1.54, 1.807) is 38.4 Å². The van der Waals surface area contributed by atoms with E-state index in [0.29, 0.717) is 33.4 Å². The highest BCUT2D eigenvalue weighted by Gasteiger charge is 2.19. The lowest BCUT2D eigenvalue weighted by Crippen LogP contribution is -2.34. The predicted molar refractivity (Wildman–Crippen MR) is 136 cm³/mol. The van der Waals surface area contributed by atoms with E-state index < -0.39 is 11.7 Å². The van der Waals surface area contributed by atoms with E-state index in [4.69, 9.17) is 5.73 Å². The molecular weight excluding hydrogens is 469 g/mol. The van der Waals surface area contributed by atoms with Gasteiger partial charge in [-0.05, 0) is 36.9 Å². The summed E-state index contributed by atoms with van der Waals surface area (Å²) in [7, 11) is 5.25. The summed E-state index contributed by atoms with van der Waals surface area (Å²) in [6, 6.07) is 11.8. The van der Waals surface area contributed by atoms with Gasteiger partial charge >= 0.3 is 0 Å². The number of aliphatic hydroxyl groups excluding tert-OH is 1. The van der Waals surface area contributed by atoms with Crippen LogP contribution >= 0.6 is 11.3 Å². The third-order valence-electron chi connectivity index (χ3n) is 5.48. The van der Waals surface area contributed by atoms with Gasteiger partial charge in [-0.1, -0.05) is 25.1 Å². The second kappa shape index (κ2) is 11.4. The lowest BCUT2D eigenvalue weighted by Gasteiger charge is -2.18. The number of hydrogen-bond acceptors (Lipinski definition) is 7. The number of anilines is 2. The van der Waals surface area contributed by atoms with Crippen molar-refractivity contribution in [3.8, 4) is 10.4 Å². The zero-order valence-electron chi connectivity index (χ0n) is 20.2. The lowest BCUT2D eigenvalue weighted by atomic mass is 9.99. The number of pyridine rings is 1. The van der Waals surface area contributed by atoms with Crippen molar-refractivity contribution in [2.24, 2.45) is 5.73 Å². The molecule has 0 fully saturated rings. The molecule has 0 radical (unpaired) electrons. The minimum atomic E-state index is -0.640. The molecule has 0 aliphatic carbocycles. The van der Waals surface area contributed by atoms with Crippen molar-refractivity contribution in [2.75, 3.05) is 39.6 Å². The topological polar surface area (TPSA) is 112 Å². The van der Waals surface area contributed by atoms with Crippen molar-refractivity contribution in [2.45, 2.75) is 19.4 Å². The van der Waals surface area contributed by atoms with Gasteiger partial charge in [0.1, 0.15) is 16.6 Å². The number of thiophene rings is 1. The van der Waals surface area contributed by atoms with Gasteiger partial charge in [0.15, 0.2) is 0 Å². The molecule has 10 heteroatoms. The Morgan fingerprint density at radius 2 is 1.94 bits per heavy atom. The third kappa shape index (κ3) is 6.62. The van der Waals surface area contributed by atoms with Gasteiger partial charge in [0.2, 0.25) is 5.91 Å². The zero-order chi connectivity index (χ0) is 25.7. The fourth-order valence-corrected chi connectivity index (χ4v) is 4.50. The highest BCUT2D eigenvalue weighted by molar-refractivity contribution is 7.19. The fraction of sp³-hybridized carbons (Fsp3) is 0.320. The van der Waals surface area contributed by atoms with E-state index >= 15 is 0 Å². The number of likely N-dealkylation sites (N-methyl/N-ethyl adjacent to an activating group) is 2. The summed E-state index contributed by atoms with van der Waals surface area (Å²) in [5.74, 6) is -0.775. The van der Waals surface area contributed by atoms with E-state index in [2.05, 4.69) is 10.3 Å². The molecule has 0 bridgehead atoms. The minimum Gasteiger partial charge on any atom is -0.396 e. The van der Waals surface area contributed by atoms with Crippen LogP contribution in [0.15, 0.2) is 42.5 Å². The van der Waals surface area contributed by atoms with E-state index in [1.807, 2.05) is 31.0 Å². The molecule has 2 aromatic heterocycles. The van der Waals surface area contributed by atoms with Gasteiger partial charge in [-0.2, -0.15) is 0 Å². The molecule has 186 valence electrons. The molecule has 1 atom stereocenters. The first kappa shape index (κ1) is 26.3. The number of nitrogens with zero attached hydrogens (tertiary/aromatic N) is 3. The van der Waals surface area contributed by atoms with Crippen LogP contribution in [0.1, 0.15) is 34.5 Å². The summed E-state index contributed by atoms with van der Waals surface area (Å²) in [6.07, 6.45) is 0. The SMILES string of the molecule is CC(CO)c1ccc(-c2cc(C(N)=O)c(Nc3cccc(CN(C)CC(=O)N(C)C)n3)s2)c(F)c1. The fourth-order valence-electron chi connectivity index (χ4n) is 3.40. The maximum absolute atomic E-state index is 14.9. The van der Waals surface area contributed by atoms with E-state index in [0.717, 1.165) is 5.69 Å². The van der Waals surface area contributed by atoms with Gasteiger partial charge < -0.3 is 21.1 Å². The van der Waals surface area contributed by atoms with Gasteiger partial charge in [0, 0.05) is 43.6 Å². The summed E-state index contributed by atoms with van der Waals surface area (Å²) in [6.45, 7) is 2.45. The highest BCUT2D eigenvalue weighted by atomic mass is 32.1. The largest absolute Gasteiger partial charge is 0.396 e. The van der Waals surface area contributed by atoms with Gasteiger partial charge in [-0.15, -0.1) is 11.3 Å². The molecule has 1 unspecified atom stereocenters. The Morgan fingerprint density at radius 1 is 1.20 bits per heavy atom. The number of halogens is 1. The van der Waals surface area contributed by atoms with Crippen molar-refractivity contribution in [3.05, 3.63) is 65.1 Å². The van der Waals surface area contributed by atoms with E-state index in [9.17, 15) is 19.1 Å². The van der Waals surface area contributed by atoms with Crippen LogP contribution in [0.5, 0.6) is 0 Å². The molecule has 35 heavy (non-hydrogen) atoms. The molecule has 2 heterocycles. The first-order chi connectivity index (χ1) is 16.6. The summed E-state index contributed by atoms with van der Waals surface area (Å²) in [4.78, 5) is 32.5. The Morgan fingerprint density at radius 3 is 2.57 bits per heavy atom. The molecule has 2 amide bonds. The number of nitrogens with two attached hydrogens (primary N) is 1. The Balaban J connectivity index is 1.83. The Labute approximate surface area is 208 Å². The summed E-state index contributed by atoms with van der Waals surface area (Å²) >= 11 is 1.20. The number of carbonyl (C=O) groups is 2. The van der Waals surface area contributed by atoms with Crippen molar-refractivity contribution in [3.63, 3.8) is 0 Å². The number of nitrogens with one attached hydrogen (secondary N) is 1. The van der Waals surface area contributed by atoms with Crippen LogP contribution in [-0.4, -0.2) is 66.0 Å². The molecular formula is C25H30FN5O3S. The Bertz CT molecular complexity index is 1210. The summed E-state index contributed by atoms with van der Waals surface area (Å²) in [5.41, 5.74) is 7.59. The number of aliphatic hydroxyl groups is 1. The van der Waals surface area contributed by atoms with Crippen molar-refractivity contribution < 1.29 is 19.1 Å². The number of carbonyl (C=O) groups excluding carboxylic acids is 2. The molecule has 0 saturated carbocycles. The van der Waals surface area contributed by atoms with Crippen LogP contribution in [0.3, 0.4) is 0 Å². The van der Waals surface area contributed by atoms with E-state index in [1.165, 1.54) is 22.3 Å². The predicted octanol–water partition coefficient (Wildman–Crippen LogP) is 3.41. The van der Waals surface area contributed by atoms with Crippen molar-refractivity contribution >= 4 is 34.0 Å². The summed E-state index contributed by atoms with van der Waals surface area (Å²) in [5, 5.41) is 12.9. The standard InChI is InChI=1S/C25H30FN5O3S/c1-15(14-32)16-8-9-18(20(26)10-16)21-11-19(24(27)34)25(35-21)29-22-7-5-6-17(28-22)12-31(4)13-23(33)30(2)3/h5-11,15,32H,12-14H2,1-4H3,(H2,27,34)(H,28,29). The quantitative estimate of drug-likeness (QED) is 0.394. The van der Waals surface area contributed by atoms with Gasteiger partial charge in [-0.25, -0.2) is 9.37 Å². The van der Waals surface area contributed by atoms with Gasteiger partial charge in [0.05, 0.1) is 17.8 Å². The van der Waals surface area contributed by atoms with Crippen LogP contribution in [0.2, 0.25) is 0 Å². The van der Waals surface area contributed by atoms with Crippen LogP contribution in [0.25, 0.3) is 10.4 Å². The third-order valence-corrected chi connectivity index (χ3v) is 6.57. The molecule has 3 rings (SSSR count). The first-order valence-electron chi connectivity index (χ1n) is 11.0. The molecule has 8 nitrogen and oxygen atoms in total. The number of hydrogen-bond donors (Lipinski definition) is 3. The Hall–Kier alpha value is -3.34. The number of amides is 2. The van der Waals surface area contributed by atoms with Crippen molar-refractivity contribution in [1.82, 2.24) is 14.8 Å². The number of rotatable bonds is 10. The smallest absolute Gasteiger partial charge is 0.251 e. The van der Waals surface area contributed by atoms with Crippen LogP contribution in [0.4, 0.5) is 15.2 Å². The first-order valence-corrected chi connectivity index (χ1v) is 11.9. The Kier molecular flexibility index (Phi) is 8.55.